The minimum Gasteiger partial charge on any atom is -0.446 e. The van der Waals surface area contributed by atoms with E-state index in [0.29, 0.717) is 22.1 Å². The Morgan fingerprint density at radius 1 is 1.07 bits per heavy atom. The molecule has 1 aliphatic rings. The van der Waals surface area contributed by atoms with Crippen molar-refractivity contribution in [1.82, 2.24) is 5.16 Å². The van der Waals surface area contributed by atoms with E-state index >= 15 is 0 Å². The second kappa shape index (κ2) is 7.13. The number of nitrogens with zero attached hydrogens (tertiary/aromatic N) is 3. The number of rotatable bonds is 5. The second-order valence-corrected chi connectivity index (χ2v) is 9.43. The average molecular weight is 441 g/mol. The van der Waals surface area contributed by atoms with Gasteiger partial charge in [0.1, 0.15) is 28.7 Å². The maximum Gasteiger partial charge on any atom is 0.271 e. The van der Waals surface area contributed by atoms with Gasteiger partial charge in [-0.2, -0.15) is 0 Å². The van der Waals surface area contributed by atoms with E-state index in [0.717, 1.165) is 22.6 Å². The lowest BCUT2D eigenvalue weighted by atomic mass is 10.2. The largest absolute Gasteiger partial charge is 0.446 e. The highest BCUT2D eigenvalue weighted by atomic mass is 32.2. The zero-order valence-corrected chi connectivity index (χ0v) is 16.9. The van der Waals surface area contributed by atoms with E-state index in [9.17, 15) is 8.42 Å². The molecule has 0 aliphatic carbocycles. The van der Waals surface area contributed by atoms with Gasteiger partial charge in [-0.25, -0.2) is 13.4 Å². The Bertz CT molecular complexity index is 1310. The van der Waals surface area contributed by atoms with Gasteiger partial charge in [0.15, 0.2) is 0 Å². The number of anilines is 2. The maximum atomic E-state index is 12.7. The van der Waals surface area contributed by atoms with E-state index in [1.54, 1.807) is 60.0 Å². The van der Waals surface area contributed by atoms with E-state index in [4.69, 9.17) is 14.7 Å². The number of nitrogens with two attached hydrogens (primary N) is 1. The van der Waals surface area contributed by atoms with Crippen molar-refractivity contribution >= 4 is 45.0 Å². The molecule has 1 aromatic carbocycles. The number of hydrogen-bond acceptors (Lipinski definition) is 9. The fourth-order valence-corrected chi connectivity index (χ4v) is 5.38. The molecule has 9 nitrogen and oxygen atoms in total. The van der Waals surface area contributed by atoms with Crippen molar-refractivity contribution < 1.29 is 17.4 Å². The number of furan rings is 1. The predicted octanol–water partition coefficient (Wildman–Crippen LogP) is 3.93. The van der Waals surface area contributed by atoms with Crippen molar-refractivity contribution in [1.29, 1.82) is 0 Å². The first-order chi connectivity index (χ1) is 14.5. The van der Waals surface area contributed by atoms with Gasteiger partial charge in [0.2, 0.25) is 5.88 Å². The molecule has 1 aliphatic heterocycles. The van der Waals surface area contributed by atoms with Crippen LogP contribution in [0.25, 0.3) is 10.6 Å². The Kier molecular flexibility index (Phi) is 4.42. The summed E-state index contributed by atoms with van der Waals surface area (Å²) < 4.78 is 38.3. The fraction of sp³-hybridized carbons (Fsp3) is 0.0526. The summed E-state index contributed by atoms with van der Waals surface area (Å²) >= 11 is 1.11. The third-order valence-corrected chi connectivity index (χ3v) is 7.53. The first-order valence-corrected chi connectivity index (χ1v) is 11.1. The summed E-state index contributed by atoms with van der Waals surface area (Å²) in [5.41, 5.74) is 8.85. The molecule has 4 aromatic rings. The van der Waals surface area contributed by atoms with Crippen molar-refractivity contribution in [2.75, 3.05) is 9.62 Å². The molecule has 152 valence electrons. The molecule has 11 heteroatoms. The highest BCUT2D eigenvalue weighted by Crippen LogP contribution is 2.34. The van der Waals surface area contributed by atoms with Gasteiger partial charge in [-0.3, -0.25) is 4.72 Å². The highest BCUT2D eigenvalue weighted by molar-refractivity contribution is 7.94. The molecule has 0 spiro atoms. The molecule has 5 rings (SSSR count). The van der Waals surface area contributed by atoms with Gasteiger partial charge in [-0.1, -0.05) is 5.16 Å². The Balaban J connectivity index is 1.34. The van der Waals surface area contributed by atoms with E-state index in [-0.39, 0.29) is 4.21 Å². The first kappa shape index (κ1) is 18.6. The zero-order chi connectivity index (χ0) is 20.7. The number of nitrogens with one attached hydrogen (secondary N) is 1. The van der Waals surface area contributed by atoms with Gasteiger partial charge >= 0.3 is 0 Å². The highest BCUT2D eigenvalue weighted by Gasteiger charge is 2.24. The van der Waals surface area contributed by atoms with Crippen LogP contribution in [0.15, 0.2) is 79.2 Å². The number of fused-ring (bicyclic) bond motifs is 1. The molecule has 30 heavy (non-hydrogen) atoms. The average Bonchev–Trinajstić information content (AvgIpc) is 3.49. The Morgan fingerprint density at radius 2 is 1.90 bits per heavy atom. The van der Waals surface area contributed by atoms with Crippen LogP contribution in [0, 0.1) is 0 Å². The summed E-state index contributed by atoms with van der Waals surface area (Å²) in [5.74, 6) is 0.490. The van der Waals surface area contributed by atoms with Gasteiger partial charge in [0, 0.05) is 17.4 Å². The molecular weight excluding hydrogens is 426 g/mol. The van der Waals surface area contributed by atoms with Crippen molar-refractivity contribution in [3.05, 3.63) is 66.6 Å². The topological polar surface area (TPSA) is 127 Å². The fourth-order valence-electron chi connectivity index (χ4n) is 3.05. The summed E-state index contributed by atoms with van der Waals surface area (Å²) in [5, 5.41) is 3.83. The van der Waals surface area contributed by atoms with Crippen molar-refractivity contribution in [3.8, 4) is 10.6 Å². The lowest BCUT2D eigenvalue weighted by molar-refractivity contribution is 0.422. The summed E-state index contributed by atoms with van der Waals surface area (Å²) in [4.78, 5) is 6.72. The van der Waals surface area contributed by atoms with Crippen LogP contribution >= 0.6 is 11.3 Å². The SMILES string of the molecule is NC1c2ccoc2N=CN1c1ccc(NS(=O)(=O)c2ccc(-c3ccon3)s2)cc1. The number of thiophene rings is 1. The van der Waals surface area contributed by atoms with Gasteiger partial charge in [-0.05, 0) is 42.5 Å². The number of aromatic nitrogens is 1. The number of sulfonamides is 1. The normalized spacial score (nSPS) is 15.9. The van der Waals surface area contributed by atoms with Gasteiger partial charge in [0.25, 0.3) is 10.0 Å². The monoisotopic (exact) mass is 441 g/mol. The van der Waals surface area contributed by atoms with Crippen LogP contribution in [-0.4, -0.2) is 19.9 Å². The van der Waals surface area contributed by atoms with Crippen LogP contribution in [0.5, 0.6) is 0 Å². The van der Waals surface area contributed by atoms with Gasteiger partial charge in [0.05, 0.1) is 16.7 Å². The van der Waals surface area contributed by atoms with Gasteiger partial charge in [-0.15, -0.1) is 11.3 Å². The van der Waals surface area contributed by atoms with Gasteiger partial charge < -0.3 is 19.6 Å². The van der Waals surface area contributed by atoms with E-state index < -0.39 is 16.2 Å². The summed E-state index contributed by atoms with van der Waals surface area (Å²) in [7, 11) is -3.73. The first-order valence-electron chi connectivity index (χ1n) is 8.80. The Hall–Kier alpha value is -3.41. The lowest BCUT2D eigenvalue weighted by Crippen LogP contribution is -2.35. The van der Waals surface area contributed by atoms with Crippen LogP contribution < -0.4 is 15.4 Å². The molecule has 0 radical (unpaired) electrons. The molecule has 3 aromatic heterocycles. The molecule has 0 saturated carbocycles. The van der Waals surface area contributed by atoms with Crippen LogP contribution in [0.3, 0.4) is 0 Å². The minimum absolute atomic E-state index is 0.183. The maximum absolute atomic E-state index is 12.7. The van der Waals surface area contributed by atoms with Crippen molar-refractivity contribution in [2.24, 2.45) is 10.7 Å². The molecule has 3 N–H and O–H groups in total. The molecule has 1 unspecified atom stereocenters. The van der Waals surface area contributed by atoms with Crippen molar-refractivity contribution in [2.45, 2.75) is 10.4 Å². The summed E-state index contributed by atoms with van der Waals surface area (Å²) in [6.45, 7) is 0. The Labute approximate surface area is 175 Å². The zero-order valence-electron chi connectivity index (χ0n) is 15.3. The third-order valence-electron chi connectivity index (χ3n) is 4.55. The molecule has 1 atom stereocenters. The molecular formula is C19H15N5O4S2. The third kappa shape index (κ3) is 3.28. The lowest BCUT2D eigenvalue weighted by Gasteiger charge is -2.29. The number of hydrogen-bond donors (Lipinski definition) is 2. The smallest absolute Gasteiger partial charge is 0.271 e. The summed E-state index contributed by atoms with van der Waals surface area (Å²) in [6, 6.07) is 13.6. The number of benzene rings is 1. The molecule has 0 amide bonds. The van der Waals surface area contributed by atoms with E-state index in [1.165, 1.54) is 12.3 Å². The molecule has 4 heterocycles. The van der Waals surface area contributed by atoms with E-state index in [2.05, 4.69) is 14.9 Å². The van der Waals surface area contributed by atoms with Crippen LogP contribution in [0.2, 0.25) is 0 Å². The second-order valence-electron chi connectivity index (χ2n) is 6.43. The standard InChI is InChI=1S/C19H15N5O4S2/c20-18-14-7-9-27-19(14)21-11-24(18)13-3-1-12(2-4-13)23-30(25,26)17-6-5-16(29-17)15-8-10-28-22-15/h1-11,18,23H,20H2. The van der Waals surface area contributed by atoms with E-state index in [1.807, 2.05) is 0 Å². The Morgan fingerprint density at radius 3 is 2.67 bits per heavy atom. The summed E-state index contributed by atoms with van der Waals surface area (Å²) in [6.07, 6.45) is 4.13. The predicted molar refractivity (Wildman–Crippen MR) is 113 cm³/mol. The van der Waals surface area contributed by atoms with Crippen LogP contribution in [0.1, 0.15) is 11.7 Å². The molecule has 0 fully saturated rings. The van der Waals surface area contributed by atoms with Crippen LogP contribution in [0.4, 0.5) is 17.3 Å². The number of aliphatic imine (C=N–C) groups is 1. The molecule has 0 saturated heterocycles. The molecule has 0 bridgehead atoms. The van der Waals surface area contributed by atoms with Crippen LogP contribution in [-0.2, 0) is 10.0 Å². The minimum atomic E-state index is -3.73. The quantitative estimate of drug-likeness (QED) is 0.480. The van der Waals surface area contributed by atoms with Crippen molar-refractivity contribution in [3.63, 3.8) is 0 Å².